The summed E-state index contributed by atoms with van der Waals surface area (Å²) in [6.45, 7) is 0. The Morgan fingerprint density at radius 1 is 0.808 bits per heavy atom. The molecule has 1 N–H and O–H groups in total. The largest absolute Gasteiger partial charge is 0.464 e. The number of furan rings is 1. The van der Waals surface area contributed by atoms with E-state index in [0.717, 1.165) is 22.5 Å². The first kappa shape index (κ1) is 15.8. The molecule has 0 aliphatic heterocycles. The second-order valence-electron chi connectivity index (χ2n) is 5.84. The number of pyridine rings is 1. The quantitative estimate of drug-likeness (QED) is 0.551. The van der Waals surface area contributed by atoms with Crippen LogP contribution in [0, 0.1) is 0 Å². The zero-order valence-corrected chi connectivity index (χ0v) is 13.9. The lowest BCUT2D eigenvalue weighted by atomic mass is 10.1. The number of hydrogen-bond acceptors (Lipinski definition) is 3. The fraction of sp³-hybridized carbons (Fsp3) is 0. The van der Waals surface area contributed by atoms with Gasteiger partial charge in [0.2, 0.25) is 0 Å². The Hall–Kier alpha value is -3.66. The minimum atomic E-state index is -0.202. The van der Waals surface area contributed by atoms with Gasteiger partial charge in [-0.2, -0.15) is 0 Å². The molecule has 0 bridgehead atoms. The maximum absolute atomic E-state index is 12.6. The van der Waals surface area contributed by atoms with Crippen LogP contribution in [0.25, 0.3) is 22.5 Å². The molecule has 0 saturated heterocycles. The fourth-order valence-corrected chi connectivity index (χ4v) is 2.75. The number of carbonyl (C=O) groups excluding carboxylic acids is 1. The van der Waals surface area contributed by atoms with E-state index in [1.54, 1.807) is 18.7 Å². The van der Waals surface area contributed by atoms with Crippen LogP contribution in [0.3, 0.4) is 0 Å². The number of benzene rings is 2. The number of rotatable bonds is 4. The van der Waals surface area contributed by atoms with Gasteiger partial charge < -0.3 is 9.73 Å². The van der Waals surface area contributed by atoms with Crippen LogP contribution in [0.5, 0.6) is 0 Å². The molecule has 4 nitrogen and oxygen atoms in total. The van der Waals surface area contributed by atoms with Crippen LogP contribution in [0.15, 0.2) is 95.9 Å². The minimum absolute atomic E-state index is 0.202. The molecule has 26 heavy (non-hydrogen) atoms. The number of hydrogen-bond donors (Lipinski definition) is 1. The first-order chi connectivity index (χ1) is 12.8. The van der Waals surface area contributed by atoms with Gasteiger partial charge in [0.15, 0.2) is 0 Å². The van der Waals surface area contributed by atoms with Crippen LogP contribution in [-0.4, -0.2) is 10.9 Å². The Morgan fingerprint density at radius 3 is 2.46 bits per heavy atom. The van der Waals surface area contributed by atoms with Gasteiger partial charge >= 0.3 is 0 Å². The summed E-state index contributed by atoms with van der Waals surface area (Å²) in [4.78, 5) is 16.8. The molecule has 4 rings (SSSR count). The molecule has 0 aliphatic carbocycles. The van der Waals surface area contributed by atoms with E-state index in [-0.39, 0.29) is 5.91 Å². The Balaban J connectivity index is 1.57. The normalized spacial score (nSPS) is 10.5. The predicted molar refractivity (Wildman–Crippen MR) is 102 cm³/mol. The average molecular weight is 340 g/mol. The lowest BCUT2D eigenvalue weighted by molar-refractivity contribution is 0.102. The highest BCUT2D eigenvalue weighted by molar-refractivity contribution is 6.04. The van der Waals surface area contributed by atoms with E-state index in [2.05, 4.69) is 10.3 Å². The third-order valence-corrected chi connectivity index (χ3v) is 4.03. The van der Waals surface area contributed by atoms with Gasteiger partial charge in [-0.25, -0.2) is 0 Å². The standard InChI is InChI=1S/C22H16N2O2/c25-22(19-12-18(14-23-15-19)16-6-2-1-3-7-16)24-20-9-4-8-17(13-20)21-10-5-11-26-21/h1-15H,(H,24,25). The fourth-order valence-electron chi connectivity index (χ4n) is 2.75. The van der Waals surface area contributed by atoms with Crippen LogP contribution < -0.4 is 5.32 Å². The summed E-state index contributed by atoms with van der Waals surface area (Å²) in [6.07, 6.45) is 4.95. The maximum atomic E-state index is 12.6. The third kappa shape index (κ3) is 3.39. The summed E-state index contributed by atoms with van der Waals surface area (Å²) >= 11 is 0. The summed E-state index contributed by atoms with van der Waals surface area (Å²) in [5.74, 6) is 0.556. The smallest absolute Gasteiger partial charge is 0.257 e. The summed E-state index contributed by atoms with van der Waals surface area (Å²) in [5, 5.41) is 2.92. The number of aromatic nitrogens is 1. The number of carbonyl (C=O) groups is 1. The Bertz CT molecular complexity index is 1020. The highest BCUT2D eigenvalue weighted by Gasteiger charge is 2.09. The van der Waals surface area contributed by atoms with Crippen molar-refractivity contribution in [3.63, 3.8) is 0 Å². The van der Waals surface area contributed by atoms with E-state index in [1.807, 2.05) is 72.8 Å². The van der Waals surface area contributed by atoms with Crippen molar-refractivity contribution in [2.75, 3.05) is 5.32 Å². The minimum Gasteiger partial charge on any atom is -0.464 e. The molecular weight excluding hydrogens is 324 g/mol. The summed E-state index contributed by atoms with van der Waals surface area (Å²) in [5.41, 5.74) is 4.05. The highest BCUT2D eigenvalue weighted by Crippen LogP contribution is 2.24. The number of nitrogens with one attached hydrogen (secondary N) is 1. The van der Waals surface area contributed by atoms with Crippen molar-refractivity contribution >= 4 is 11.6 Å². The molecule has 0 fully saturated rings. The van der Waals surface area contributed by atoms with Crippen molar-refractivity contribution in [3.8, 4) is 22.5 Å². The molecule has 0 spiro atoms. The van der Waals surface area contributed by atoms with Gasteiger partial charge in [-0.15, -0.1) is 0 Å². The van der Waals surface area contributed by atoms with Crippen molar-refractivity contribution in [2.24, 2.45) is 0 Å². The molecular formula is C22H16N2O2. The Morgan fingerprint density at radius 2 is 1.65 bits per heavy atom. The zero-order chi connectivity index (χ0) is 17.8. The van der Waals surface area contributed by atoms with Gasteiger partial charge in [0.1, 0.15) is 5.76 Å². The van der Waals surface area contributed by atoms with Crippen LogP contribution in [0.2, 0.25) is 0 Å². The first-order valence-corrected chi connectivity index (χ1v) is 8.25. The van der Waals surface area contributed by atoms with E-state index in [9.17, 15) is 4.79 Å². The molecule has 4 aromatic rings. The third-order valence-electron chi connectivity index (χ3n) is 4.03. The van der Waals surface area contributed by atoms with Crippen LogP contribution in [0.4, 0.5) is 5.69 Å². The van der Waals surface area contributed by atoms with Gasteiger partial charge in [0.05, 0.1) is 11.8 Å². The molecule has 2 heterocycles. The summed E-state index contributed by atoms with van der Waals surface area (Å²) < 4.78 is 5.41. The molecule has 1 amide bonds. The van der Waals surface area contributed by atoms with E-state index in [4.69, 9.17) is 4.42 Å². The molecule has 0 radical (unpaired) electrons. The first-order valence-electron chi connectivity index (χ1n) is 8.25. The molecule has 2 aromatic carbocycles. The van der Waals surface area contributed by atoms with Gasteiger partial charge in [0.25, 0.3) is 5.91 Å². The maximum Gasteiger partial charge on any atom is 0.257 e. The van der Waals surface area contributed by atoms with Crippen LogP contribution in [0.1, 0.15) is 10.4 Å². The molecule has 0 unspecified atom stereocenters. The molecule has 0 atom stereocenters. The SMILES string of the molecule is O=C(Nc1cccc(-c2ccco2)c1)c1cncc(-c2ccccc2)c1. The summed E-state index contributed by atoms with van der Waals surface area (Å²) in [6, 6.07) is 23.0. The molecule has 2 aromatic heterocycles. The average Bonchev–Trinajstić information content (AvgIpc) is 3.24. The highest BCUT2D eigenvalue weighted by atomic mass is 16.3. The lowest BCUT2D eigenvalue weighted by Gasteiger charge is -2.08. The van der Waals surface area contributed by atoms with E-state index < -0.39 is 0 Å². The molecule has 126 valence electrons. The Labute approximate surface area is 151 Å². The molecule has 0 saturated carbocycles. The van der Waals surface area contributed by atoms with Crippen LogP contribution >= 0.6 is 0 Å². The van der Waals surface area contributed by atoms with E-state index >= 15 is 0 Å². The van der Waals surface area contributed by atoms with Gasteiger partial charge in [-0.3, -0.25) is 9.78 Å². The topological polar surface area (TPSA) is 55.1 Å². The number of nitrogens with zero attached hydrogens (tertiary/aromatic N) is 1. The number of amides is 1. The van der Waals surface area contributed by atoms with Gasteiger partial charge in [-0.1, -0.05) is 42.5 Å². The van der Waals surface area contributed by atoms with Crippen molar-refractivity contribution in [1.29, 1.82) is 0 Å². The second kappa shape index (κ2) is 7.07. The monoisotopic (exact) mass is 340 g/mol. The van der Waals surface area contributed by atoms with Gasteiger partial charge in [-0.05, 0) is 35.9 Å². The number of anilines is 1. The van der Waals surface area contributed by atoms with Crippen molar-refractivity contribution in [3.05, 3.63) is 97.0 Å². The van der Waals surface area contributed by atoms with Crippen molar-refractivity contribution in [2.45, 2.75) is 0 Å². The Kier molecular flexibility index (Phi) is 4.31. The van der Waals surface area contributed by atoms with Crippen LogP contribution in [-0.2, 0) is 0 Å². The second-order valence-corrected chi connectivity index (χ2v) is 5.84. The lowest BCUT2D eigenvalue weighted by Crippen LogP contribution is -2.12. The van der Waals surface area contributed by atoms with Gasteiger partial charge in [0, 0.05) is 29.2 Å². The zero-order valence-electron chi connectivity index (χ0n) is 13.9. The molecule has 0 aliphatic rings. The molecule has 4 heteroatoms. The van der Waals surface area contributed by atoms with E-state index in [0.29, 0.717) is 11.3 Å². The van der Waals surface area contributed by atoms with E-state index in [1.165, 1.54) is 0 Å². The summed E-state index contributed by atoms with van der Waals surface area (Å²) in [7, 11) is 0. The van der Waals surface area contributed by atoms with Crippen molar-refractivity contribution < 1.29 is 9.21 Å². The predicted octanol–water partition coefficient (Wildman–Crippen LogP) is 5.26. The van der Waals surface area contributed by atoms with Crippen molar-refractivity contribution in [1.82, 2.24) is 4.98 Å².